The van der Waals surface area contributed by atoms with E-state index in [0.29, 0.717) is 5.69 Å². The molecule has 1 aromatic carbocycles. The van der Waals surface area contributed by atoms with E-state index in [-0.39, 0.29) is 0 Å². The number of azide groups is 1. The molecule has 5 atom stereocenters. The third-order valence-electron chi connectivity index (χ3n) is 4.37. The van der Waals surface area contributed by atoms with Crippen molar-refractivity contribution in [1.29, 1.82) is 0 Å². The lowest BCUT2D eigenvalue weighted by atomic mass is 9.96. The van der Waals surface area contributed by atoms with Crippen molar-refractivity contribution in [3.63, 3.8) is 0 Å². The Labute approximate surface area is 191 Å². The molecule has 1 aliphatic rings. The van der Waals surface area contributed by atoms with Gasteiger partial charge in [0.25, 0.3) is 5.91 Å². The predicted octanol–water partition coefficient (Wildman–Crippen LogP) is 2.24. The van der Waals surface area contributed by atoms with Gasteiger partial charge in [0.1, 0.15) is 0 Å². The molecule has 32 heavy (non-hydrogen) atoms. The summed E-state index contributed by atoms with van der Waals surface area (Å²) < 4.78 is 22.1. The van der Waals surface area contributed by atoms with Crippen LogP contribution in [0.15, 0.2) is 33.9 Å². The molecule has 2 rings (SSSR count). The van der Waals surface area contributed by atoms with E-state index in [1.54, 1.807) is 24.3 Å². The number of hydrogen-bond acceptors (Lipinski definition) is 9. The number of halogens is 1. The van der Waals surface area contributed by atoms with E-state index >= 15 is 0 Å². The van der Waals surface area contributed by atoms with Crippen molar-refractivity contribution >= 4 is 45.4 Å². The van der Waals surface area contributed by atoms with Gasteiger partial charge >= 0.3 is 17.9 Å². The van der Waals surface area contributed by atoms with Gasteiger partial charge in [0, 0.05) is 42.9 Å². The number of carbonyl (C=O) groups is 4. The number of nitrogens with zero attached hydrogens (tertiary/aromatic N) is 4. The van der Waals surface area contributed by atoms with Crippen molar-refractivity contribution in [1.82, 2.24) is 0 Å². The van der Waals surface area contributed by atoms with Crippen LogP contribution in [0.2, 0.25) is 0 Å². The Morgan fingerprint density at radius 2 is 1.47 bits per heavy atom. The first kappa shape index (κ1) is 25.1. The summed E-state index contributed by atoms with van der Waals surface area (Å²) in [5.74, 6) is -3.09. The van der Waals surface area contributed by atoms with Gasteiger partial charge in [-0.1, -0.05) is 21.0 Å². The van der Waals surface area contributed by atoms with Gasteiger partial charge in [-0.2, -0.15) is 0 Å². The van der Waals surface area contributed by atoms with Crippen molar-refractivity contribution < 1.29 is 38.1 Å². The topological polar surface area (TPSA) is 157 Å². The molecule has 1 aliphatic heterocycles. The number of esters is 3. The number of rotatable bonds is 6. The van der Waals surface area contributed by atoms with E-state index in [0.717, 1.165) is 25.2 Å². The van der Waals surface area contributed by atoms with E-state index in [1.807, 2.05) is 0 Å². The SMILES string of the molecule is CC(=O)O[C@@H]1[C@@H](OC(C)=O)[C@@H](N=[N+]=[N-])O[C@H](C(=O)N(C)c2ccc(Br)cc2)[C@H]1OC(C)=O. The molecule has 13 heteroatoms. The summed E-state index contributed by atoms with van der Waals surface area (Å²) in [5, 5.41) is 3.44. The van der Waals surface area contributed by atoms with Gasteiger partial charge in [-0.25, -0.2) is 0 Å². The molecule has 1 aromatic rings. The normalized spacial score (nSPS) is 24.5. The average molecular weight is 513 g/mol. The van der Waals surface area contributed by atoms with Crippen LogP contribution >= 0.6 is 15.9 Å². The van der Waals surface area contributed by atoms with E-state index < -0.39 is 54.5 Å². The second-order valence-corrected chi connectivity index (χ2v) is 7.66. The molecule has 0 bridgehead atoms. The molecule has 0 unspecified atom stereocenters. The van der Waals surface area contributed by atoms with Crippen molar-refractivity contribution in [3.8, 4) is 0 Å². The molecule has 1 heterocycles. The minimum atomic E-state index is -1.54. The van der Waals surface area contributed by atoms with Crippen LogP contribution in [0.3, 0.4) is 0 Å². The Morgan fingerprint density at radius 3 is 1.97 bits per heavy atom. The molecular weight excluding hydrogens is 492 g/mol. The number of amides is 1. The molecular formula is C19H21BrN4O8. The summed E-state index contributed by atoms with van der Waals surface area (Å²) in [6.07, 6.45) is -7.50. The summed E-state index contributed by atoms with van der Waals surface area (Å²) in [6.45, 7) is 3.25. The van der Waals surface area contributed by atoms with E-state index in [1.165, 1.54) is 11.9 Å². The van der Waals surface area contributed by atoms with Crippen molar-refractivity contribution in [2.45, 2.75) is 51.4 Å². The van der Waals surface area contributed by atoms with Crippen LogP contribution in [0, 0.1) is 0 Å². The molecule has 1 fully saturated rings. The maximum atomic E-state index is 13.3. The zero-order chi connectivity index (χ0) is 24.0. The Kier molecular flexibility index (Phi) is 8.58. The standard InChI is InChI=1S/C19H21BrN4O8/c1-9(25)29-14-15(30-10(2)26)17(32-18(22-23-21)16(14)31-11(3)27)19(28)24(4)13-7-5-12(20)6-8-13/h5-8,14-18H,1-4H3/t14-,15-,16+,17-,18-/m0/s1. The minimum absolute atomic E-state index is 0.481. The molecule has 0 spiro atoms. The lowest BCUT2D eigenvalue weighted by molar-refractivity contribution is -0.242. The molecule has 0 aromatic heterocycles. The molecule has 1 amide bonds. The Hall–Kier alpha value is -3.15. The smallest absolute Gasteiger partial charge is 0.303 e. The second-order valence-electron chi connectivity index (χ2n) is 6.75. The van der Waals surface area contributed by atoms with Gasteiger partial charge in [-0.15, -0.1) is 0 Å². The van der Waals surface area contributed by atoms with E-state index in [4.69, 9.17) is 24.5 Å². The quantitative estimate of drug-likeness (QED) is 0.184. The summed E-state index contributed by atoms with van der Waals surface area (Å²) in [6, 6.07) is 6.74. The average Bonchev–Trinajstić information content (AvgIpc) is 2.70. The Balaban J connectivity index is 2.51. The van der Waals surface area contributed by atoms with Crippen LogP contribution in [-0.4, -0.2) is 61.5 Å². The largest absolute Gasteiger partial charge is 0.455 e. The first-order valence-electron chi connectivity index (χ1n) is 9.29. The highest BCUT2D eigenvalue weighted by Crippen LogP contribution is 2.31. The number of carbonyl (C=O) groups excluding carboxylic acids is 4. The number of likely N-dealkylation sites (N-methyl/N-ethyl adjacent to an activating group) is 1. The fourth-order valence-electron chi connectivity index (χ4n) is 3.12. The molecule has 172 valence electrons. The molecule has 0 saturated carbocycles. The molecule has 0 aliphatic carbocycles. The van der Waals surface area contributed by atoms with Crippen LogP contribution in [-0.2, 0) is 38.1 Å². The van der Waals surface area contributed by atoms with E-state index in [2.05, 4.69) is 26.0 Å². The second kappa shape index (κ2) is 10.9. The summed E-state index contributed by atoms with van der Waals surface area (Å²) in [7, 11) is 1.46. The minimum Gasteiger partial charge on any atom is -0.455 e. The zero-order valence-electron chi connectivity index (χ0n) is 17.6. The van der Waals surface area contributed by atoms with Crippen LogP contribution < -0.4 is 4.90 Å². The molecule has 0 radical (unpaired) electrons. The lowest BCUT2D eigenvalue weighted by Gasteiger charge is -2.43. The Morgan fingerprint density at radius 1 is 0.969 bits per heavy atom. The predicted molar refractivity (Wildman–Crippen MR) is 112 cm³/mol. The van der Waals surface area contributed by atoms with Crippen molar-refractivity contribution in [2.75, 3.05) is 11.9 Å². The Bertz CT molecular complexity index is 934. The first-order chi connectivity index (χ1) is 15.0. The maximum absolute atomic E-state index is 13.3. The van der Waals surface area contributed by atoms with Crippen LogP contribution in [0.25, 0.3) is 10.4 Å². The number of ether oxygens (including phenoxy) is 4. The zero-order valence-corrected chi connectivity index (χ0v) is 19.2. The van der Waals surface area contributed by atoms with Gasteiger partial charge in [0.15, 0.2) is 30.6 Å². The first-order valence-corrected chi connectivity index (χ1v) is 10.1. The van der Waals surface area contributed by atoms with Gasteiger partial charge in [0.05, 0.1) is 0 Å². The number of benzene rings is 1. The monoisotopic (exact) mass is 512 g/mol. The summed E-state index contributed by atoms with van der Waals surface area (Å²) in [5.41, 5.74) is 9.41. The number of anilines is 1. The van der Waals surface area contributed by atoms with Crippen LogP contribution in [0.4, 0.5) is 5.69 Å². The van der Waals surface area contributed by atoms with Crippen LogP contribution in [0.5, 0.6) is 0 Å². The van der Waals surface area contributed by atoms with Gasteiger partial charge in [-0.3, -0.25) is 19.2 Å². The highest BCUT2D eigenvalue weighted by atomic mass is 79.9. The third kappa shape index (κ3) is 6.19. The van der Waals surface area contributed by atoms with Crippen LogP contribution in [0.1, 0.15) is 20.8 Å². The summed E-state index contributed by atoms with van der Waals surface area (Å²) >= 11 is 3.30. The molecule has 12 nitrogen and oxygen atoms in total. The highest BCUT2D eigenvalue weighted by Gasteiger charge is 2.54. The fourth-order valence-corrected chi connectivity index (χ4v) is 3.38. The molecule has 0 N–H and O–H groups in total. The van der Waals surface area contributed by atoms with Gasteiger partial charge < -0.3 is 23.8 Å². The fraction of sp³-hybridized carbons (Fsp3) is 0.474. The molecule has 1 saturated heterocycles. The highest BCUT2D eigenvalue weighted by molar-refractivity contribution is 9.10. The van der Waals surface area contributed by atoms with Gasteiger partial charge in [-0.05, 0) is 29.8 Å². The summed E-state index contributed by atoms with van der Waals surface area (Å²) in [4.78, 5) is 52.3. The third-order valence-corrected chi connectivity index (χ3v) is 4.90. The van der Waals surface area contributed by atoms with E-state index in [9.17, 15) is 19.2 Å². The van der Waals surface area contributed by atoms with Gasteiger partial charge in [0.2, 0.25) is 0 Å². The maximum Gasteiger partial charge on any atom is 0.303 e. The van der Waals surface area contributed by atoms with Crippen molar-refractivity contribution in [2.24, 2.45) is 5.11 Å². The van der Waals surface area contributed by atoms with Crippen molar-refractivity contribution in [3.05, 3.63) is 39.2 Å². The lowest BCUT2D eigenvalue weighted by Crippen LogP contribution is -2.64. The number of hydrogen-bond donors (Lipinski definition) is 0.